The summed E-state index contributed by atoms with van der Waals surface area (Å²) < 4.78 is 9.38. The van der Waals surface area contributed by atoms with Crippen molar-refractivity contribution in [1.82, 2.24) is 0 Å². The van der Waals surface area contributed by atoms with Crippen LogP contribution in [0.3, 0.4) is 0 Å². The Labute approximate surface area is 141 Å². The van der Waals surface area contributed by atoms with Gasteiger partial charge in [-0.3, -0.25) is 14.9 Å². The molecule has 0 atom stereocenters. The summed E-state index contributed by atoms with van der Waals surface area (Å²) in [4.78, 5) is 46.4. The second-order valence-corrected chi connectivity index (χ2v) is 4.97. The van der Waals surface area contributed by atoms with Crippen LogP contribution in [0.1, 0.15) is 27.6 Å². The Morgan fingerprint density at radius 2 is 1.68 bits per heavy atom. The Bertz CT molecular complexity index is 905. The van der Waals surface area contributed by atoms with Crippen molar-refractivity contribution in [3.63, 3.8) is 0 Å². The Balaban J connectivity index is 3.02. The van der Waals surface area contributed by atoms with Gasteiger partial charge < -0.3 is 14.8 Å². The zero-order chi connectivity index (χ0) is 18.7. The number of fused-ring (bicyclic) bond motifs is 1. The first-order valence-corrected chi connectivity index (χ1v) is 7.00. The van der Waals surface area contributed by atoms with E-state index < -0.39 is 28.5 Å². The van der Waals surface area contributed by atoms with E-state index in [9.17, 15) is 24.5 Å². The zero-order valence-electron chi connectivity index (χ0n) is 13.6. The molecule has 0 aliphatic carbocycles. The number of hydrogen-bond donors (Lipinski definition) is 1. The number of anilines is 1. The highest BCUT2D eigenvalue weighted by atomic mass is 16.6. The normalized spacial score (nSPS) is 10.2. The van der Waals surface area contributed by atoms with Crippen LogP contribution in [0, 0.1) is 10.1 Å². The molecule has 2 aromatic carbocycles. The summed E-state index contributed by atoms with van der Waals surface area (Å²) in [5.41, 5.74) is -0.748. The first-order valence-electron chi connectivity index (χ1n) is 7.00. The lowest BCUT2D eigenvalue weighted by Crippen LogP contribution is -2.13. The fraction of sp³-hybridized carbons (Fsp3) is 0.188. The van der Waals surface area contributed by atoms with Crippen LogP contribution in [-0.4, -0.2) is 37.0 Å². The van der Waals surface area contributed by atoms with E-state index in [-0.39, 0.29) is 27.6 Å². The van der Waals surface area contributed by atoms with Crippen molar-refractivity contribution in [3.8, 4) is 0 Å². The number of rotatable bonds is 4. The smallest absolute Gasteiger partial charge is 0.338 e. The van der Waals surface area contributed by atoms with E-state index in [1.807, 2.05) is 0 Å². The molecule has 25 heavy (non-hydrogen) atoms. The third-order valence-electron chi connectivity index (χ3n) is 3.44. The van der Waals surface area contributed by atoms with Crippen LogP contribution in [0.5, 0.6) is 0 Å². The number of nitrogens with zero attached hydrogens (tertiary/aromatic N) is 1. The molecule has 9 heteroatoms. The van der Waals surface area contributed by atoms with Crippen LogP contribution in [0.2, 0.25) is 0 Å². The molecule has 0 radical (unpaired) electrons. The lowest BCUT2D eigenvalue weighted by Gasteiger charge is -2.13. The van der Waals surface area contributed by atoms with Crippen molar-refractivity contribution in [2.75, 3.05) is 19.5 Å². The van der Waals surface area contributed by atoms with Gasteiger partial charge in [0.15, 0.2) is 0 Å². The first kappa shape index (κ1) is 17.9. The van der Waals surface area contributed by atoms with E-state index in [0.29, 0.717) is 0 Å². The Morgan fingerprint density at radius 1 is 1.08 bits per heavy atom. The standard InChI is InChI=1S/C16H14N2O7/c1-8(19)17-12-7-11(16(21)25-3)13-9(14(12)18(22)23)5-4-6-10(13)15(20)24-2/h4-7H,1-3H3,(H,17,19). The number of ether oxygens (including phenoxy) is 2. The number of methoxy groups -OCH3 is 2. The van der Waals surface area contributed by atoms with Crippen molar-refractivity contribution < 1.29 is 28.8 Å². The molecule has 0 fully saturated rings. The van der Waals surface area contributed by atoms with Crippen LogP contribution >= 0.6 is 0 Å². The third-order valence-corrected chi connectivity index (χ3v) is 3.44. The molecule has 1 amide bonds. The maximum Gasteiger partial charge on any atom is 0.338 e. The largest absolute Gasteiger partial charge is 0.465 e. The van der Waals surface area contributed by atoms with Crippen molar-refractivity contribution >= 4 is 40.0 Å². The lowest BCUT2D eigenvalue weighted by molar-refractivity contribution is -0.382. The fourth-order valence-corrected chi connectivity index (χ4v) is 2.50. The fourth-order valence-electron chi connectivity index (χ4n) is 2.50. The SMILES string of the molecule is COC(=O)c1cccc2c([N+](=O)[O-])c(NC(C)=O)cc(C(=O)OC)c12. The van der Waals surface area contributed by atoms with E-state index in [1.54, 1.807) is 0 Å². The lowest BCUT2D eigenvalue weighted by atomic mass is 9.96. The Hall–Kier alpha value is -3.49. The molecule has 0 bridgehead atoms. The number of nitro groups is 1. The number of hydrogen-bond acceptors (Lipinski definition) is 7. The van der Waals surface area contributed by atoms with Gasteiger partial charge in [0, 0.05) is 12.3 Å². The van der Waals surface area contributed by atoms with Gasteiger partial charge in [-0.15, -0.1) is 0 Å². The predicted octanol–water partition coefficient (Wildman–Crippen LogP) is 2.28. The zero-order valence-corrected chi connectivity index (χ0v) is 13.6. The van der Waals surface area contributed by atoms with Crippen molar-refractivity contribution in [2.45, 2.75) is 6.92 Å². The van der Waals surface area contributed by atoms with E-state index in [2.05, 4.69) is 10.1 Å². The molecule has 0 saturated carbocycles. The molecule has 0 unspecified atom stereocenters. The molecule has 130 valence electrons. The topological polar surface area (TPSA) is 125 Å². The minimum atomic E-state index is -0.817. The van der Waals surface area contributed by atoms with Crippen LogP contribution < -0.4 is 5.32 Å². The van der Waals surface area contributed by atoms with E-state index in [4.69, 9.17) is 4.74 Å². The van der Waals surface area contributed by atoms with Gasteiger partial charge >= 0.3 is 17.6 Å². The van der Waals surface area contributed by atoms with Gasteiger partial charge in [0.05, 0.1) is 35.7 Å². The van der Waals surface area contributed by atoms with Crippen molar-refractivity contribution in [2.24, 2.45) is 0 Å². The van der Waals surface area contributed by atoms with Gasteiger partial charge in [-0.05, 0) is 18.2 Å². The van der Waals surface area contributed by atoms with E-state index in [0.717, 1.165) is 20.3 Å². The number of benzene rings is 2. The molecule has 1 N–H and O–H groups in total. The summed E-state index contributed by atoms with van der Waals surface area (Å²) in [5, 5.41) is 13.9. The molecule has 9 nitrogen and oxygen atoms in total. The van der Waals surface area contributed by atoms with Gasteiger partial charge in [0.1, 0.15) is 5.69 Å². The molecule has 0 aliphatic heterocycles. The van der Waals surface area contributed by atoms with Gasteiger partial charge in [-0.2, -0.15) is 0 Å². The highest BCUT2D eigenvalue weighted by Crippen LogP contribution is 2.38. The number of carbonyl (C=O) groups is 3. The number of nitro benzene ring substituents is 1. The van der Waals surface area contributed by atoms with Gasteiger partial charge in [0.25, 0.3) is 0 Å². The maximum atomic E-state index is 12.2. The first-order chi connectivity index (χ1) is 11.8. The molecule has 0 heterocycles. The summed E-state index contributed by atoms with van der Waals surface area (Å²) in [6.45, 7) is 1.18. The molecule has 0 aromatic heterocycles. The van der Waals surface area contributed by atoms with Crippen molar-refractivity contribution in [3.05, 3.63) is 45.5 Å². The molecule has 2 aromatic rings. The molecular formula is C16H14N2O7. The molecule has 0 aliphatic rings. The second kappa shape index (κ2) is 6.95. The summed E-state index contributed by atoms with van der Waals surface area (Å²) >= 11 is 0. The summed E-state index contributed by atoms with van der Waals surface area (Å²) in [5.74, 6) is -2.14. The predicted molar refractivity (Wildman–Crippen MR) is 87.6 cm³/mol. The highest BCUT2D eigenvalue weighted by Gasteiger charge is 2.28. The van der Waals surface area contributed by atoms with Gasteiger partial charge in [-0.1, -0.05) is 6.07 Å². The third kappa shape index (κ3) is 3.25. The molecule has 0 saturated heterocycles. The van der Waals surface area contributed by atoms with Gasteiger partial charge in [0.2, 0.25) is 5.91 Å². The number of amides is 1. The van der Waals surface area contributed by atoms with Gasteiger partial charge in [-0.25, -0.2) is 9.59 Å². The molecule has 2 rings (SSSR count). The maximum absolute atomic E-state index is 12.2. The summed E-state index contributed by atoms with van der Waals surface area (Å²) in [6, 6.07) is 5.28. The number of esters is 2. The van der Waals surface area contributed by atoms with Crippen LogP contribution in [0.4, 0.5) is 11.4 Å². The van der Waals surface area contributed by atoms with E-state index >= 15 is 0 Å². The minimum absolute atomic E-state index is 0.000417. The van der Waals surface area contributed by atoms with Crippen LogP contribution in [0.25, 0.3) is 10.8 Å². The molecular weight excluding hydrogens is 332 g/mol. The number of nitrogens with one attached hydrogen (secondary N) is 1. The minimum Gasteiger partial charge on any atom is -0.465 e. The highest BCUT2D eigenvalue weighted by molar-refractivity contribution is 6.18. The Morgan fingerprint density at radius 3 is 2.20 bits per heavy atom. The monoisotopic (exact) mass is 346 g/mol. The average molecular weight is 346 g/mol. The average Bonchev–Trinajstić information content (AvgIpc) is 2.57. The summed E-state index contributed by atoms with van der Waals surface area (Å²) in [6.07, 6.45) is 0. The van der Waals surface area contributed by atoms with Crippen molar-refractivity contribution in [1.29, 1.82) is 0 Å². The Kier molecular flexibility index (Phi) is 4.97. The van der Waals surface area contributed by atoms with Crippen LogP contribution in [0.15, 0.2) is 24.3 Å². The second-order valence-electron chi connectivity index (χ2n) is 4.97. The van der Waals surface area contributed by atoms with Crippen LogP contribution in [-0.2, 0) is 14.3 Å². The number of carbonyl (C=O) groups excluding carboxylic acids is 3. The summed E-state index contributed by atoms with van der Waals surface area (Å²) in [7, 11) is 2.29. The molecule has 0 spiro atoms. The van der Waals surface area contributed by atoms with E-state index in [1.165, 1.54) is 25.1 Å². The quantitative estimate of drug-likeness (QED) is 0.511.